The summed E-state index contributed by atoms with van der Waals surface area (Å²) in [6.45, 7) is 0. The van der Waals surface area contributed by atoms with Gasteiger partial charge in [-0.2, -0.15) is 0 Å². The maximum absolute atomic E-state index is 11.8. The molecule has 0 saturated heterocycles. The molecule has 1 fully saturated rings. The number of rotatable bonds is 2. The highest BCUT2D eigenvalue weighted by Crippen LogP contribution is 2.27. The Hall–Kier alpha value is -1.09. The van der Waals surface area contributed by atoms with Crippen LogP contribution in [0.1, 0.15) is 23.2 Å². The summed E-state index contributed by atoms with van der Waals surface area (Å²) < 4.78 is 0. The Morgan fingerprint density at radius 3 is 2.93 bits per heavy atom. The molecule has 1 aliphatic carbocycles. The molecular weight excluding hydrogens is 200 g/mol. The Morgan fingerprint density at radius 1 is 1.64 bits per heavy atom. The standard InChI is InChI=1S/C10H11ClN2O/c1-13(7-4-5-7)10(14)8-3-2-6-12-9(8)11/h2-3,6-7H,4-5H2,1H3. The van der Waals surface area contributed by atoms with Gasteiger partial charge in [0.1, 0.15) is 5.15 Å². The molecule has 0 atom stereocenters. The molecule has 2 rings (SSSR count). The van der Waals surface area contributed by atoms with Crippen LogP contribution in [-0.4, -0.2) is 28.9 Å². The zero-order chi connectivity index (χ0) is 10.1. The first-order valence-electron chi connectivity index (χ1n) is 4.58. The van der Waals surface area contributed by atoms with Gasteiger partial charge in [0.05, 0.1) is 5.56 Å². The first-order valence-corrected chi connectivity index (χ1v) is 4.95. The lowest BCUT2D eigenvalue weighted by molar-refractivity contribution is 0.0785. The molecule has 0 bridgehead atoms. The Bertz CT molecular complexity index is 363. The number of nitrogens with zero attached hydrogens (tertiary/aromatic N) is 2. The van der Waals surface area contributed by atoms with E-state index in [2.05, 4.69) is 4.98 Å². The summed E-state index contributed by atoms with van der Waals surface area (Å²) in [5, 5.41) is 0.282. The van der Waals surface area contributed by atoms with E-state index in [1.807, 2.05) is 7.05 Å². The van der Waals surface area contributed by atoms with Gasteiger partial charge >= 0.3 is 0 Å². The van der Waals surface area contributed by atoms with Crippen molar-refractivity contribution in [2.75, 3.05) is 7.05 Å². The molecule has 0 radical (unpaired) electrons. The molecule has 3 nitrogen and oxygen atoms in total. The zero-order valence-electron chi connectivity index (χ0n) is 7.90. The third kappa shape index (κ3) is 1.73. The molecule has 1 aliphatic rings. The number of carbonyl (C=O) groups is 1. The minimum Gasteiger partial charge on any atom is -0.339 e. The Balaban J connectivity index is 2.21. The van der Waals surface area contributed by atoms with Crippen LogP contribution in [0, 0.1) is 0 Å². The fourth-order valence-electron chi connectivity index (χ4n) is 1.36. The second-order valence-electron chi connectivity index (χ2n) is 3.49. The van der Waals surface area contributed by atoms with Crippen molar-refractivity contribution in [2.45, 2.75) is 18.9 Å². The molecule has 0 aliphatic heterocycles. The molecule has 74 valence electrons. The van der Waals surface area contributed by atoms with Gasteiger partial charge in [0.2, 0.25) is 0 Å². The van der Waals surface area contributed by atoms with E-state index >= 15 is 0 Å². The van der Waals surface area contributed by atoms with E-state index in [4.69, 9.17) is 11.6 Å². The smallest absolute Gasteiger partial charge is 0.256 e. The second-order valence-corrected chi connectivity index (χ2v) is 3.85. The normalized spacial score (nSPS) is 15.3. The highest BCUT2D eigenvalue weighted by molar-refractivity contribution is 6.32. The van der Waals surface area contributed by atoms with Crippen molar-refractivity contribution in [3.8, 4) is 0 Å². The molecule has 1 aromatic rings. The predicted octanol–water partition coefficient (Wildman–Crippen LogP) is 1.97. The quantitative estimate of drug-likeness (QED) is 0.700. The maximum Gasteiger partial charge on any atom is 0.256 e. The molecule has 1 amide bonds. The molecule has 4 heteroatoms. The minimum absolute atomic E-state index is 0.0365. The van der Waals surface area contributed by atoms with Crippen LogP contribution in [-0.2, 0) is 0 Å². The number of halogens is 1. The fraction of sp³-hybridized carbons (Fsp3) is 0.400. The van der Waals surface area contributed by atoms with Crippen molar-refractivity contribution in [1.82, 2.24) is 9.88 Å². The predicted molar refractivity (Wildman–Crippen MR) is 54.4 cm³/mol. The molecule has 1 heterocycles. The van der Waals surface area contributed by atoms with Crippen LogP contribution < -0.4 is 0 Å². The van der Waals surface area contributed by atoms with Crippen LogP contribution in [0.2, 0.25) is 5.15 Å². The van der Waals surface area contributed by atoms with Crippen LogP contribution in [0.15, 0.2) is 18.3 Å². The van der Waals surface area contributed by atoms with Gasteiger partial charge in [0.25, 0.3) is 5.91 Å². The molecule has 0 spiro atoms. The second kappa shape index (κ2) is 3.58. The van der Waals surface area contributed by atoms with Crippen molar-refractivity contribution < 1.29 is 4.79 Å². The summed E-state index contributed by atoms with van der Waals surface area (Å²) in [5.41, 5.74) is 0.489. The fourth-order valence-corrected chi connectivity index (χ4v) is 1.56. The third-order valence-electron chi connectivity index (χ3n) is 2.40. The lowest BCUT2D eigenvalue weighted by Crippen LogP contribution is -2.29. The summed E-state index contributed by atoms with van der Waals surface area (Å²) in [5.74, 6) is -0.0365. The van der Waals surface area contributed by atoms with Gasteiger partial charge in [-0.05, 0) is 25.0 Å². The van der Waals surface area contributed by atoms with Crippen LogP contribution in [0.25, 0.3) is 0 Å². The van der Waals surface area contributed by atoms with Crippen molar-refractivity contribution in [1.29, 1.82) is 0 Å². The molecule has 1 aromatic heterocycles. The molecular formula is C10H11ClN2O. The number of amides is 1. The number of pyridine rings is 1. The van der Waals surface area contributed by atoms with Gasteiger partial charge in [-0.15, -0.1) is 0 Å². The molecule has 0 N–H and O–H groups in total. The van der Waals surface area contributed by atoms with Crippen LogP contribution in [0.5, 0.6) is 0 Å². The average Bonchev–Trinajstić information content (AvgIpc) is 3.00. The molecule has 0 unspecified atom stereocenters. The maximum atomic E-state index is 11.8. The Morgan fingerprint density at radius 2 is 2.36 bits per heavy atom. The highest BCUT2D eigenvalue weighted by Gasteiger charge is 2.30. The highest BCUT2D eigenvalue weighted by atomic mass is 35.5. The Labute approximate surface area is 87.7 Å². The number of aromatic nitrogens is 1. The summed E-state index contributed by atoms with van der Waals surface area (Å²) in [6, 6.07) is 3.83. The molecule has 14 heavy (non-hydrogen) atoms. The largest absolute Gasteiger partial charge is 0.339 e. The van der Waals surface area contributed by atoms with Gasteiger partial charge in [0, 0.05) is 19.3 Å². The van der Waals surface area contributed by atoms with E-state index in [9.17, 15) is 4.79 Å². The first kappa shape index (κ1) is 9.46. The van der Waals surface area contributed by atoms with Gasteiger partial charge < -0.3 is 4.90 Å². The van der Waals surface area contributed by atoms with Gasteiger partial charge in [-0.1, -0.05) is 11.6 Å². The van der Waals surface area contributed by atoms with Crippen molar-refractivity contribution in [2.24, 2.45) is 0 Å². The van der Waals surface area contributed by atoms with E-state index in [1.54, 1.807) is 23.2 Å². The monoisotopic (exact) mass is 210 g/mol. The van der Waals surface area contributed by atoms with E-state index in [0.717, 1.165) is 12.8 Å². The van der Waals surface area contributed by atoms with E-state index in [1.165, 1.54) is 0 Å². The van der Waals surface area contributed by atoms with Gasteiger partial charge in [0.15, 0.2) is 0 Å². The third-order valence-corrected chi connectivity index (χ3v) is 2.71. The number of hydrogen-bond donors (Lipinski definition) is 0. The SMILES string of the molecule is CN(C(=O)c1cccnc1Cl)C1CC1. The van der Waals surface area contributed by atoms with Crippen molar-refractivity contribution in [3.63, 3.8) is 0 Å². The van der Waals surface area contributed by atoms with E-state index in [0.29, 0.717) is 11.6 Å². The van der Waals surface area contributed by atoms with E-state index < -0.39 is 0 Å². The first-order chi connectivity index (χ1) is 6.70. The van der Waals surface area contributed by atoms with Crippen LogP contribution >= 0.6 is 11.6 Å². The summed E-state index contributed by atoms with van der Waals surface area (Å²) >= 11 is 5.83. The van der Waals surface area contributed by atoms with Gasteiger partial charge in [-0.3, -0.25) is 4.79 Å². The molecule has 1 saturated carbocycles. The number of carbonyl (C=O) groups excluding carboxylic acids is 1. The zero-order valence-corrected chi connectivity index (χ0v) is 8.66. The van der Waals surface area contributed by atoms with E-state index in [-0.39, 0.29) is 11.1 Å². The van der Waals surface area contributed by atoms with Crippen molar-refractivity contribution in [3.05, 3.63) is 29.0 Å². The topological polar surface area (TPSA) is 33.2 Å². The Kier molecular flexibility index (Phi) is 2.42. The lowest BCUT2D eigenvalue weighted by Gasteiger charge is -2.16. The lowest BCUT2D eigenvalue weighted by atomic mass is 10.2. The summed E-state index contributed by atoms with van der Waals surface area (Å²) in [7, 11) is 1.81. The van der Waals surface area contributed by atoms with Crippen LogP contribution in [0.3, 0.4) is 0 Å². The average molecular weight is 211 g/mol. The van der Waals surface area contributed by atoms with Crippen molar-refractivity contribution >= 4 is 17.5 Å². The minimum atomic E-state index is -0.0365. The number of hydrogen-bond acceptors (Lipinski definition) is 2. The van der Waals surface area contributed by atoms with Gasteiger partial charge in [-0.25, -0.2) is 4.98 Å². The molecule has 0 aromatic carbocycles. The summed E-state index contributed by atoms with van der Waals surface area (Å²) in [4.78, 5) is 17.5. The van der Waals surface area contributed by atoms with Crippen LogP contribution in [0.4, 0.5) is 0 Å². The summed E-state index contributed by atoms with van der Waals surface area (Å²) in [6.07, 6.45) is 3.77.